The lowest BCUT2D eigenvalue weighted by Crippen LogP contribution is -2.44. The summed E-state index contributed by atoms with van der Waals surface area (Å²) >= 11 is 0. The molecular weight excluding hydrogens is 330 g/mol. The molecule has 1 aromatic heterocycles. The van der Waals surface area contributed by atoms with E-state index in [0.29, 0.717) is 31.0 Å². The molecule has 6 nitrogen and oxygen atoms in total. The van der Waals surface area contributed by atoms with Crippen molar-refractivity contribution >= 4 is 17.7 Å². The molecule has 1 fully saturated rings. The Labute approximate surface area is 152 Å². The lowest BCUT2D eigenvalue weighted by molar-refractivity contribution is -0.135. The second-order valence-electron chi connectivity index (χ2n) is 6.57. The molecule has 1 saturated heterocycles. The van der Waals surface area contributed by atoms with Crippen molar-refractivity contribution in [2.24, 2.45) is 0 Å². The van der Waals surface area contributed by atoms with E-state index in [9.17, 15) is 4.79 Å². The number of anilines is 1. The van der Waals surface area contributed by atoms with Crippen LogP contribution in [-0.2, 0) is 9.53 Å². The van der Waals surface area contributed by atoms with Crippen LogP contribution in [0.4, 0.5) is 5.69 Å². The van der Waals surface area contributed by atoms with Crippen molar-refractivity contribution in [1.29, 1.82) is 0 Å². The largest absolute Gasteiger partial charge is 0.488 e. The number of nitrogen functional groups attached to an aromatic ring is 1. The minimum Gasteiger partial charge on any atom is -0.488 e. The second kappa shape index (κ2) is 6.80. The standard InChI is InChI=1S/C20H21N3O3/c1-13-8-16(21)10-17(22-13)19-11-23(6-7-25-19)20(24)15-9-14-4-2-3-5-18(14)26-12-15/h2-5,8-10,19H,6-7,11-12H2,1H3,(H2,21,22). The van der Waals surface area contributed by atoms with Gasteiger partial charge in [-0.15, -0.1) is 0 Å². The summed E-state index contributed by atoms with van der Waals surface area (Å²) in [5, 5.41) is 0. The van der Waals surface area contributed by atoms with Gasteiger partial charge < -0.3 is 20.1 Å². The molecule has 2 aliphatic heterocycles. The molecule has 0 bridgehead atoms. The third-order valence-electron chi connectivity index (χ3n) is 4.59. The van der Waals surface area contributed by atoms with E-state index in [4.69, 9.17) is 15.2 Å². The third kappa shape index (κ3) is 3.28. The zero-order valence-corrected chi connectivity index (χ0v) is 14.6. The van der Waals surface area contributed by atoms with Gasteiger partial charge in [-0.05, 0) is 31.2 Å². The molecule has 4 rings (SSSR count). The fourth-order valence-electron chi connectivity index (χ4n) is 3.34. The summed E-state index contributed by atoms with van der Waals surface area (Å²) in [6.45, 7) is 3.65. The lowest BCUT2D eigenvalue weighted by atomic mass is 10.1. The van der Waals surface area contributed by atoms with Gasteiger partial charge >= 0.3 is 0 Å². The summed E-state index contributed by atoms with van der Waals surface area (Å²) in [6.07, 6.45) is 1.64. The molecule has 2 aliphatic rings. The lowest BCUT2D eigenvalue weighted by Gasteiger charge is -2.34. The molecule has 1 unspecified atom stereocenters. The Morgan fingerprint density at radius 2 is 2.15 bits per heavy atom. The van der Waals surface area contributed by atoms with Gasteiger partial charge in [0.2, 0.25) is 0 Å². The predicted octanol–water partition coefficient (Wildman–Crippen LogP) is 2.35. The van der Waals surface area contributed by atoms with E-state index in [1.54, 1.807) is 4.90 Å². The average molecular weight is 351 g/mol. The highest BCUT2D eigenvalue weighted by Gasteiger charge is 2.29. The first kappa shape index (κ1) is 16.6. The highest BCUT2D eigenvalue weighted by Crippen LogP contribution is 2.28. The number of nitrogens with two attached hydrogens (primary N) is 1. The van der Waals surface area contributed by atoms with E-state index in [-0.39, 0.29) is 18.6 Å². The molecule has 6 heteroatoms. The zero-order chi connectivity index (χ0) is 18.1. The van der Waals surface area contributed by atoms with Crippen LogP contribution in [0, 0.1) is 6.92 Å². The summed E-state index contributed by atoms with van der Waals surface area (Å²) in [7, 11) is 0. The predicted molar refractivity (Wildman–Crippen MR) is 98.6 cm³/mol. The summed E-state index contributed by atoms with van der Waals surface area (Å²) in [6, 6.07) is 11.3. The number of hydrogen-bond acceptors (Lipinski definition) is 5. The topological polar surface area (TPSA) is 77.7 Å². The van der Waals surface area contributed by atoms with E-state index in [1.165, 1.54) is 0 Å². The second-order valence-corrected chi connectivity index (χ2v) is 6.57. The van der Waals surface area contributed by atoms with Crippen LogP contribution in [0.5, 0.6) is 5.75 Å². The minimum atomic E-state index is -0.271. The zero-order valence-electron chi connectivity index (χ0n) is 14.6. The quantitative estimate of drug-likeness (QED) is 0.899. The number of amides is 1. The van der Waals surface area contributed by atoms with Crippen LogP contribution in [0.1, 0.15) is 23.1 Å². The molecule has 0 spiro atoms. The van der Waals surface area contributed by atoms with Crippen LogP contribution in [0.2, 0.25) is 0 Å². The van der Waals surface area contributed by atoms with Crippen molar-refractivity contribution in [3.8, 4) is 5.75 Å². The van der Waals surface area contributed by atoms with E-state index in [2.05, 4.69) is 4.98 Å². The number of ether oxygens (including phenoxy) is 2. The van der Waals surface area contributed by atoms with Gasteiger partial charge in [0.1, 0.15) is 18.5 Å². The molecule has 0 radical (unpaired) electrons. The van der Waals surface area contributed by atoms with E-state index in [1.807, 2.05) is 49.4 Å². The molecule has 1 amide bonds. The number of fused-ring (bicyclic) bond motifs is 1. The SMILES string of the molecule is Cc1cc(N)cc(C2CN(C(=O)C3=Cc4ccccc4OC3)CCO2)n1. The molecule has 1 aromatic carbocycles. The van der Waals surface area contributed by atoms with Gasteiger partial charge in [-0.3, -0.25) is 9.78 Å². The van der Waals surface area contributed by atoms with Crippen molar-refractivity contribution in [2.45, 2.75) is 13.0 Å². The molecular formula is C20H21N3O3. The highest BCUT2D eigenvalue weighted by atomic mass is 16.5. The third-order valence-corrected chi connectivity index (χ3v) is 4.59. The van der Waals surface area contributed by atoms with Crippen molar-refractivity contribution in [3.05, 3.63) is 58.9 Å². The monoisotopic (exact) mass is 351 g/mol. The number of hydrogen-bond donors (Lipinski definition) is 1. The van der Waals surface area contributed by atoms with E-state index in [0.717, 1.165) is 22.7 Å². The Bertz CT molecular complexity index is 858. The van der Waals surface area contributed by atoms with Gasteiger partial charge in [-0.25, -0.2) is 0 Å². The minimum absolute atomic E-state index is 0.0200. The number of carbonyl (C=O) groups is 1. The number of morpholine rings is 1. The van der Waals surface area contributed by atoms with E-state index >= 15 is 0 Å². The summed E-state index contributed by atoms with van der Waals surface area (Å²) < 4.78 is 11.6. The molecule has 26 heavy (non-hydrogen) atoms. The first-order valence-corrected chi connectivity index (χ1v) is 8.67. The Balaban J connectivity index is 1.53. The van der Waals surface area contributed by atoms with Crippen LogP contribution in [0.3, 0.4) is 0 Å². The van der Waals surface area contributed by atoms with Gasteiger partial charge in [0.15, 0.2) is 0 Å². The number of para-hydroxylation sites is 1. The first-order valence-electron chi connectivity index (χ1n) is 8.67. The maximum atomic E-state index is 13.0. The molecule has 3 heterocycles. The van der Waals surface area contributed by atoms with Crippen molar-refractivity contribution < 1.29 is 14.3 Å². The van der Waals surface area contributed by atoms with Crippen molar-refractivity contribution in [1.82, 2.24) is 9.88 Å². The average Bonchev–Trinajstić information content (AvgIpc) is 2.66. The van der Waals surface area contributed by atoms with Gasteiger partial charge in [0.05, 0.1) is 24.4 Å². The number of aromatic nitrogens is 1. The molecule has 0 aliphatic carbocycles. The molecule has 0 saturated carbocycles. The van der Waals surface area contributed by atoms with Crippen LogP contribution < -0.4 is 10.5 Å². The Kier molecular flexibility index (Phi) is 4.34. The van der Waals surface area contributed by atoms with E-state index < -0.39 is 0 Å². The number of aryl methyl sites for hydroxylation is 1. The van der Waals surface area contributed by atoms with Gasteiger partial charge in [0, 0.05) is 23.5 Å². The maximum Gasteiger partial charge on any atom is 0.253 e. The van der Waals surface area contributed by atoms with Crippen LogP contribution in [-0.4, -0.2) is 42.1 Å². The number of carbonyl (C=O) groups excluding carboxylic acids is 1. The fraction of sp³-hybridized carbons (Fsp3) is 0.300. The first-order chi connectivity index (χ1) is 12.6. The Hall–Kier alpha value is -2.86. The van der Waals surface area contributed by atoms with Crippen LogP contribution in [0.15, 0.2) is 42.0 Å². The summed E-state index contributed by atoms with van der Waals surface area (Å²) in [5.41, 5.74) is 9.76. The maximum absolute atomic E-state index is 13.0. The number of rotatable bonds is 2. The van der Waals surface area contributed by atoms with Crippen LogP contribution in [0.25, 0.3) is 6.08 Å². The molecule has 2 aromatic rings. The molecule has 2 N–H and O–H groups in total. The molecule has 1 atom stereocenters. The van der Waals surface area contributed by atoms with Gasteiger partial charge in [-0.1, -0.05) is 18.2 Å². The Morgan fingerprint density at radius 1 is 1.31 bits per heavy atom. The highest BCUT2D eigenvalue weighted by molar-refractivity contribution is 5.99. The number of benzene rings is 1. The summed E-state index contributed by atoms with van der Waals surface area (Å²) in [4.78, 5) is 19.3. The van der Waals surface area contributed by atoms with Crippen LogP contribution >= 0.6 is 0 Å². The molecule has 134 valence electrons. The van der Waals surface area contributed by atoms with Gasteiger partial charge in [0.25, 0.3) is 5.91 Å². The van der Waals surface area contributed by atoms with Gasteiger partial charge in [-0.2, -0.15) is 0 Å². The number of pyridine rings is 1. The number of nitrogens with zero attached hydrogens (tertiary/aromatic N) is 2. The smallest absolute Gasteiger partial charge is 0.253 e. The van der Waals surface area contributed by atoms with Crippen molar-refractivity contribution in [2.75, 3.05) is 32.0 Å². The normalized spacial score (nSPS) is 19.3. The Morgan fingerprint density at radius 3 is 3.00 bits per heavy atom. The summed E-state index contributed by atoms with van der Waals surface area (Å²) in [5.74, 6) is 0.789. The fourth-order valence-corrected chi connectivity index (χ4v) is 3.34. The van der Waals surface area contributed by atoms with Crippen molar-refractivity contribution in [3.63, 3.8) is 0 Å².